The highest BCUT2D eigenvalue weighted by atomic mass is 127. The van der Waals surface area contributed by atoms with Gasteiger partial charge in [0.15, 0.2) is 0 Å². The molecule has 0 saturated heterocycles. The highest BCUT2D eigenvalue weighted by Crippen LogP contribution is 2.41. The summed E-state index contributed by atoms with van der Waals surface area (Å²) in [6.07, 6.45) is 0. The van der Waals surface area contributed by atoms with Crippen LogP contribution in [0.3, 0.4) is 0 Å². The molecule has 0 aliphatic heterocycles. The van der Waals surface area contributed by atoms with Gasteiger partial charge in [0.1, 0.15) is 11.5 Å². The van der Waals surface area contributed by atoms with Crippen LogP contribution in [0.2, 0.25) is 10.0 Å². The lowest BCUT2D eigenvalue weighted by Gasteiger charge is -2.06. The predicted molar refractivity (Wildman–Crippen MR) is 99.1 cm³/mol. The van der Waals surface area contributed by atoms with Gasteiger partial charge in [0.05, 0.1) is 13.5 Å². The van der Waals surface area contributed by atoms with E-state index in [4.69, 9.17) is 28.9 Å². The largest absolute Gasteiger partial charge is 0.383 e. The van der Waals surface area contributed by atoms with Gasteiger partial charge in [0.2, 0.25) is 0 Å². The van der Waals surface area contributed by atoms with Crippen molar-refractivity contribution in [1.29, 1.82) is 0 Å². The van der Waals surface area contributed by atoms with E-state index in [9.17, 15) is 0 Å². The molecule has 2 heterocycles. The van der Waals surface area contributed by atoms with E-state index in [-0.39, 0.29) is 0 Å². The molecule has 0 radical (unpaired) electrons. The maximum atomic E-state index is 6.33. The molecule has 3 nitrogen and oxygen atoms in total. The van der Waals surface area contributed by atoms with Crippen LogP contribution in [0.5, 0.6) is 0 Å². The van der Waals surface area contributed by atoms with Crippen LogP contribution in [0.4, 0.5) is 5.82 Å². The normalized spacial score (nSPS) is 11.0. The molecule has 2 aromatic heterocycles. The zero-order valence-corrected chi connectivity index (χ0v) is 15.4. The summed E-state index contributed by atoms with van der Waals surface area (Å²) in [5.74, 6) is 0.579. The van der Waals surface area contributed by atoms with Crippen molar-refractivity contribution < 1.29 is 0 Å². The Labute approximate surface area is 149 Å². The van der Waals surface area contributed by atoms with E-state index in [0.29, 0.717) is 15.9 Å². The molecule has 0 spiro atoms. The average molecular weight is 450 g/mol. The Morgan fingerprint density at radius 1 is 1.29 bits per heavy atom. The fourth-order valence-corrected chi connectivity index (χ4v) is 3.97. The fourth-order valence-electron chi connectivity index (χ4n) is 2.13. The molecular weight excluding hydrogens is 440 g/mol. The van der Waals surface area contributed by atoms with Crippen LogP contribution in [0, 0.1) is 2.88 Å². The van der Waals surface area contributed by atoms with E-state index >= 15 is 0 Å². The standard InChI is InChI=1S/C14H10Cl2IN3S/c1-20-14(18)12(9-3-2-8(15)5-10(9)16)13(19-20)7-4-11(17)21-6-7/h2-6H,18H2,1H3. The van der Waals surface area contributed by atoms with Crippen molar-refractivity contribution in [3.63, 3.8) is 0 Å². The summed E-state index contributed by atoms with van der Waals surface area (Å²) in [6, 6.07) is 7.47. The molecule has 2 N–H and O–H groups in total. The van der Waals surface area contributed by atoms with Gasteiger partial charge in [-0.15, -0.1) is 11.3 Å². The molecule has 108 valence electrons. The van der Waals surface area contributed by atoms with Crippen LogP contribution in [0.25, 0.3) is 22.4 Å². The number of nitrogens with two attached hydrogens (primary N) is 1. The summed E-state index contributed by atoms with van der Waals surface area (Å²) >= 11 is 16.3. The molecule has 0 amide bonds. The number of hydrogen-bond donors (Lipinski definition) is 1. The Hall–Kier alpha value is -0.760. The topological polar surface area (TPSA) is 43.8 Å². The van der Waals surface area contributed by atoms with Crippen LogP contribution < -0.4 is 5.73 Å². The zero-order chi connectivity index (χ0) is 15.1. The van der Waals surface area contributed by atoms with Crippen LogP contribution in [-0.2, 0) is 7.05 Å². The highest BCUT2D eigenvalue weighted by Gasteiger charge is 2.20. The second kappa shape index (κ2) is 5.79. The smallest absolute Gasteiger partial charge is 0.129 e. The molecule has 0 aliphatic rings. The number of aromatic nitrogens is 2. The van der Waals surface area contributed by atoms with Gasteiger partial charge in [0, 0.05) is 28.6 Å². The number of aryl methyl sites for hydroxylation is 1. The van der Waals surface area contributed by atoms with Crippen molar-refractivity contribution in [2.24, 2.45) is 7.05 Å². The lowest BCUT2D eigenvalue weighted by Crippen LogP contribution is -1.98. The van der Waals surface area contributed by atoms with Gasteiger partial charge < -0.3 is 5.73 Å². The first-order valence-electron chi connectivity index (χ1n) is 5.99. The van der Waals surface area contributed by atoms with E-state index in [1.165, 1.54) is 2.88 Å². The molecule has 7 heteroatoms. The van der Waals surface area contributed by atoms with Gasteiger partial charge in [-0.05, 0) is 40.8 Å². The molecule has 0 aliphatic carbocycles. The van der Waals surface area contributed by atoms with Gasteiger partial charge in [-0.3, -0.25) is 4.68 Å². The Morgan fingerprint density at radius 3 is 2.67 bits per heavy atom. The third kappa shape index (κ3) is 2.79. The van der Waals surface area contributed by atoms with Crippen LogP contribution in [0.15, 0.2) is 29.6 Å². The summed E-state index contributed by atoms with van der Waals surface area (Å²) in [5.41, 5.74) is 9.75. The third-order valence-corrected chi connectivity index (χ3v) is 5.47. The average Bonchev–Trinajstić information content (AvgIpc) is 2.96. The van der Waals surface area contributed by atoms with E-state index in [2.05, 4.69) is 39.1 Å². The number of nitrogen functional groups attached to an aromatic ring is 1. The summed E-state index contributed by atoms with van der Waals surface area (Å²) in [4.78, 5) is 0. The molecule has 3 rings (SSSR count). The van der Waals surface area contributed by atoms with E-state index in [1.54, 1.807) is 28.2 Å². The summed E-state index contributed by atoms with van der Waals surface area (Å²) in [5, 5.41) is 7.76. The summed E-state index contributed by atoms with van der Waals surface area (Å²) in [7, 11) is 1.82. The van der Waals surface area contributed by atoms with E-state index < -0.39 is 0 Å². The Morgan fingerprint density at radius 2 is 2.05 bits per heavy atom. The maximum Gasteiger partial charge on any atom is 0.129 e. The van der Waals surface area contributed by atoms with Crippen molar-refractivity contribution in [2.45, 2.75) is 0 Å². The van der Waals surface area contributed by atoms with Crippen molar-refractivity contribution >= 4 is 62.9 Å². The van der Waals surface area contributed by atoms with Gasteiger partial charge >= 0.3 is 0 Å². The zero-order valence-electron chi connectivity index (χ0n) is 10.9. The minimum Gasteiger partial charge on any atom is -0.383 e. The first-order valence-corrected chi connectivity index (χ1v) is 8.71. The first kappa shape index (κ1) is 15.1. The molecule has 0 unspecified atom stereocenters. The third-order valence-electron chi connectivity index (χ3n) is 3.13. The minimum atomic E-state index is 0.563. The monoisotopic (exact) mass is 449 g/mol. The van der Waals surface area contributed by atoms with Crippen molar-refractivity contribution in [3.05, 3.63) is 42.6 Å². The van der Waals surface area contributed by atoms with Crippen molar-refractivity contribution in [1.82, 2.24) is 9.78 Å². The number of hydrogen-bond acceptors (Lipinski definition) is 3. The Bertz CT molecular complexity index is 826. The second-order valence-electron chi connectivity index (χ2n) is 4.50. The lowest BCUT2D eigenvalue weighted by atomic mass is 10.0. The number of halogens is 3. The quantitative estimate of drug-likeness (QED) is 0.538. The lowest BCUT2D eigenvalue weighted by molar-refractivity contribution is 0.782. The van der Waals surface area contributed by atoms with E-state index in [1.807, 2.05) is 13.1 Å². The second-order valence-corrected chi connectivity index (χ2v) is 8.15. The number of anilines is 1. The minimum absolute atomic E-state index is 0.563. The van der Waals surface area contributed by atoms with Gasteiger partial charge in [-0.2, -0.15) is 5.10 Å². The molecular formula is C14H10Cl2IN3S. The number of benzene rings is 1. The molecule has 21 heavy (non-hydrogen) atoms. The van der Waals surface area contributed by atoms with Crippen LogP contribution >= 0.6 is 57.1 Å². The Kier molecular flexibility index (Phi) is 4.18. The summed E-state index contributed by atoms with van der Waals surface area (Å²) < 4.78 is 2.86. The van der Waals surface area contributed by atoms with Crippen LogP contribution in [-0.4, -0.2) is 9.78 Å². The maximum absolute atomic E-state index is 6.33. The molecule has 3 aromatic rings. The van der Waals surface area contributed by atoms with Gasteiger partial charge in [-0.25, -0.2) is 0 Å². The summed E-state index contributed by atoms with van der Waals surface area (Å²) in [6.45, 7) is 0. The number of thiophene rings is 1. The van der Waals surface area contributed by atoms with Gasteiger partial charge in [0.25, 0.3) is 0 Å². The molecule has 0 fully saturated rings. The predicted octanol–water partition coefficient (Wildman–Crippen LogP) is 5.31. The molecule has 0 bridgehead atoms. The fraction of sp³-hybridized carbons (Fsp3) is 0.0714. The molecule has 1 aromatic carbocycles. The van der Waals surface area contributed by atoms with Crippen molar-refractivity contribution in [3.8, 4) is 22.4 Å². The van der Waals surface area contributed by atoms with Crippen LogP contribution in [0.1, 0.15) is 0 Å². The Balaban J connectivity index is 2.26. The highest BCUT2D eigenvalue weighted by molar-refractivity contribution is 14.1. The molecule has 0 atom stereocenters. The number of rotatable bonds is 2. The number of nitrogens with zero attached hydrogens (tertiary/aromatic N) is 2. The SMILES string of the molecule is Cn1nc(-c2csc(I)c2)c(-c2ccc(Cl)cc2Cl)c1N. The van der Waals surface area contributed by atoms with E-state index in [0.717, 1.165) is 22.4 Å². The molecule has 0 saturated carbocycles. The first-order chi connectivity index (χ1) is 9.97. The van der Waals surface area contributed by atoms with Crippen molar-refractivity contribution in [2.75, 3.05) is 5.73 Å². The van der Waals surface area contributed by atoms with Gasteiger partial charge in [-0.1, -0.05) is 29.3 Å².